The van der Waals surface area contributed by atoms with E-state index in [0.29, 0.717) is 26.1 Å². The predicted molar refractivity (Wildman–Crippen MR) is 54.8 cm³/mol. The van der Waals surface area contributed by atoms with Gasteiger partial charge in [-0.2, -0.15) is 5.26 Å². The molecule has 1 aliphatic heterocycles. The van der Waals surface area contributed by atoms with Crippen molar-refractivity contribution in [2.45, 2.75) is 26.4 Å². The summed E-state index contributed by atoms with van der Waals surface area (Å²) in [6, 6.07) is 2.03. The third kappa shape index (κ3) is 1.76. The Balaban J connectivity index is 2.09. The van der Waals surface area contributed by atoms with E-state index in [9.17, 15) is 4.79 Å². The van der Waals surface area contributed by atoms with Gasteiger partial charge in [0.1, 0.15) is 12.2 Å². The van der Waals surface area contributed by atoms with Crippen molar-refractivity contribution in [3.05, 3.63) is 12.2 Å². The summed E-state index contributed by atoms with van der Waals surface area (Å²) in [4.78, 5) is 13.6. The van der Waals surface area contributed by atoms with Gasteiger partial charge in [0, 0.05) is 13.1 Å². The highest BCUT2D eigenvalue weighted by Crippen LogP contribution is 2.14. The van der Waals surface area contributed by atoms with Crippen LogP contribution < -0.4 is 0 Å². The Labute approximate surface area is 93.5 Å². The molecule has 84 valence electrons. The fourth-order valence-electron chi connectivity index (χ4n) is 1.80. The van der Waals surface area contributed by atoms with Crippen molar-refractivity contribution in [1.29, 1.82) is 5.26 Å². The molecule has 6 nitrogen and oxygen atoms in total. The molecule has 0 bridgehead atoms. The molecule has 0 spiro atoms. The normalized spacial score (nSPS) is 16.4. The SMILES string of the molecule is CCC(C#N)C(=O)N1CCn2cnnc2C1. The lowest BCUT2D eigenvalue weighted by molar-refractivity contribution is -0.135. The van der Waals surface area contributed by atoms with E-state index in [4.69, 9.17) is 5.26 Å². The van der Waals surface area contributed by atoms with E-state index < -0.39 is 5.92 Å². The van der Waals surface area contributed by atoms with Gasteiger partial charge in [0.2, 0.25) is 5.91 Å². The molecule has 0 saturated heterocycles. The fraction of sp³-hybridized carbons (Fsp3) is 0.600. The first-order valence-corrected chi connectivity index (χ1v) is 5.31. The number of nitrogens with zero attached hydrogens (tertiary/aromatic N) is 5. The lowest BCUT2D eigenvalue weighted by Gasteiger charge is -2.28. The number of amides is 1. The van der Waals surface area contributed by atoms with Crippen LogP contribution in [-0.4, -0.2) is 32.1 Å². The summed E-state index contributed by atoms with van der Waals surface area (Å²) in [6.45, 7) is 3.63. The number of nitriles is 1. The maximum Gasteiger partial charge on any atom is 0.240 e. The second kappa shape index (κ2) is 4.31. The van der Waals surface area contributed by atoms with Gasteiger partial charge in [0.15, 0.2) is 5.82 Å². The molecule has 0 N–H and O–H groups in total. The highest BCUT2D eigenvalue weighted by molar-refractivity contribution is 5.81. The molecule has 0 aliphatic carbocycles. The minimum Gasteiger partial charge on any atom is -0.332 e. The molecule has 2 rings (SSSR count). The molecule has 1 atom stereocenters. The molecular formula is C10H13N5O. The molecule has 1 aliphatic rings. The molecule has 1 amide bonds. The molecular weight excluding hydrogens is 206 g/mol. The molecule has 2 heterocycles. The van der Waals surface area contributed by atoms with E-state index in [0.717, 1.165) is 5.82 Å². The zero-order chi connectivity index (χ0) is 11.5. The second-order valence-corrected chi connectivity index (χ2v) is 3.79. The first kappa shape index (κ1) is 10.6. The minimum absolute atomic E-state index is 0.0979. The van der Waals surface area contributed by atoms with Crippen molar-refractivity contribution in [1.82, 2.24) is 19.7 Å². The van der Waals surface area contributed by atoms with Crippen molar-refractivity contribution < 1.29 is 4.79 Å². The summed E-state index contributed by atoms with van der Waals surface area (Å²) in [5, 5.41) is 16.6. The van der Waals surface area contributed by atoms with Gasteiger partial charge >= 0.3 is 0 Å². The van der Waals surface area contributed by atoms with Crippen LogP contribution >= 0.6 is 0 Å². The topological polar surface area (TPSA) is 74.8 Å². The largest absolute Gasteiger partial charge is 0.332 e. The number of carbonyl (C=O) groups is 1. The summed E-state index contributed by atoms with van der Waals surface area (Å²) < 4.78 is 1.93. The van der Waals surface area contributed by atoms with Crippen LogP contribution in [-0.2, 0) is 17.9 Å². The lowest BCUT2D eigenvalue weighted by atomic mass is 10.1. The number of fused-ring (bicyclic) bond motifs is 1. The van der Waals surface area contributed by atoms with Crippen LogP contribution in [0.15, 0.2) is 6.33 Å². The molecule has 16 heavy (non-hydrogen) atoms. The highest BCUT2D eigenvalue weighted by atomic mass is 16.2. The number of aromatic nitrogens is 3. The van der Waals surface area contributed by atoms with Crippen LogP contribution in [0.4, 0.5) is 0 Å². The fourth-order valence-corrected chi connectivity index (χ4v) is 1.80. The first-order chi connectivity index (χ1) is 7.76. The van der Waals surface area contributed by atoms with Gasteiger partial charge in [-0.25, -0.2) is 0 Å². The smallest absolute Gasteiger partial charge is 0.240 e. The average Bonchev–Trinajstić information content (AvgIpc) is 2.77. The predicted octanol–water partition coefficient (Wildman–Crippen LogP) is 0.170. The van der Waals surface area contributed by atoms with E-state index in [1.54, 1.807) is 11.2 Å². The van der Waals surface area contributed by atoms with Crippen molar-refractivity contribution >= 4 is 5.91 Å². The molecule has 0 radical (unpaired) electrons. The molecule has 1 unspecified atom stereocenters. The third-order valence-corrected chi connectivity index (χ3v) is 2.81. The summed E-state index contributed by atoms with van der Waals surface area (Å²) in [7, 11) is 0. The van der Waals surface area contributed by atoms with Gasteiger partial charge in [-0.1, -0.05) is 6.92 Å². The maximum atomic E-state index is 11.9. The molecule has 1 aromatic heterocycles. The third-order valence-electron chi connectivity index (χ3n) is 2.81. The van der Waals surface area contributed by atoms with Gasteiger partial charge < -0.3 is 9.47 Å². The quantitative estimate of drug-likeness (QED) is 0.710. The van der Waals surface area contributed by atoms with Crippen molar-refractivity contribution in [2.24, 2.45) is 5.92 Å². The van der Waals surface area contributed by atoms with Gasteiger partial charge in [-0.15, -0.1) is 10.2 Å². The van der Waals surface area contributed by atoms with Crippen LogP contribution in [0.1, 0.15) is 19.2 Å². The van der Waals surface area contributed by atoms with Crippen LogP contribution in [0, 0.1) is 17.2 Å². The van der Waals surface area contributed by atoms with E-state index >= 15 is 0 Å². The number of hydrogen-bond donors (Lipinski definition) is 0. The maximum absolute atomic E-state index is 11.9. The lowest BCUT2D eigenvalue weighted by Crippen LogP contribution is -2.41. The summed E-state index contributed by atoms with van der Waals surface area (Å²) in [6.07, 6.45) is 2.22. The molecule has 0 saturated carbocycles. The highest BCUT2D eigenvalue weighted by Gasteiger charge is 2.26. The summed E-state index contributed by atoms with van der Waals surface area (Å²) in [5.74, 6) is 0.154. The molecule has 6 heteroatoms. The molecule has 0 fully saturated rings. The van der Waals surface area contributed by atoms with Gasteiger partial charge in [-0.3, -0.25) is 4.79 Å². The zero-order valence-corrected chi connectivity index (χ0v) is 9.13. The van der Waals surface area contributed by atoms with E-state index in [2.05, 4.69) is 10.2 Å². The Morgan fingerprint density at radius 3 is 3.19 bits per heavy atom. The monoisotopic (exact) mass is 219 g/mol. The van der Waals surface area contributed by atoms with E-state index in [1.165, 1.54) is 0 Å². The minimum atomic E-state index is -0.533. The van der Waals surface area contributed by atoms with Gasteiger partial charge in [-0.05, 0) is 6.42 Å². The molecule has 1 aromatic rings. The number of carbonyl (C=O) groups excluding carboxylic acids is 1. The standard InChI is InChI=1S/C10H13N5O/c1-2-8(5-11)10(16)14-3-4-15-7-12-13-9(15)6-14/h7-8H,2-4,6H2,1H3. The van der Waals surface area contributed by atoms with Gasteiger partial charge in [0.05, 0.1) is 12.6 Å². The van der Waals surface area contributed by atoms with Crippen LogP contribution in [0.5, 0.6) is 0 Å². The first-order valence-electron chi connectivity index (χ1n) is 5.31. The Kier molecular flexibility index (Phi) is 2.86. The van der Waals surface area contributed by atoms with Crippen LogP contribution in [0.2, 0.25) is 0 Å². The Morgan fingerprint density at radius 1 is 1.69 bits per heavy atom. The Hall–Kier alpha value is -1.90. The van der Waals surface area contributed by atoms with Crippen molar-refractivity contribution in [3.8, 4) is 6.07 Å². The van der Waals surface area contributed by atoms with Crippen LogP contribution in [0.25, 0.3) is 0 Å². The number of rotatable bonds is 2. The van der Waals surface area contributed by atoms with Gasteiger partial charge in [0.25, 0.3) is 0 Å². The summed E-state index contributed by atoms with van der Waals surface area (Å²) in [5.41, 5.74) is 0. The zero-order valence-electron chi connectivity index (χ0n) is 9.13. The number of hydrogen-bond acceptors (Lipinski definition) is 4. The second-order valence-electron chi connectivity index (χ2n) is 3.79. The van der Waals surface area contributed by atoms with Crippen LogP contribution in [0.3, 0.4) is 0 Å². The Morgan fingerprint density at radius 2 is 2.50 bits per heavy atom. The van der Waals surface area contributed by atoms with Crippen molar-refractivity contribution in [3.63, 3.8) is 0 Å². The summed E-state index contributed by atoms with van der Waals surface area (Å²) >= 11 is 0. The average molecular weight is 219 g/mol. The molecule has 0 aromatic carbocycles. The van der Waals surface area contributed by atoms with E-state index in [1.807, 2.05) is 17.6 Å². The van der Waals surface area contributed by atoms with E-state index in [-0.39, 0.29) is 5.91 Å². The Bertz CT molecular complexity index is 433. The van der Waals surface area contributed by atoms with Crippen molar-refractivity contribution in [2.75, 3.05) is 6.54 Å².